The highest BCUT2D eigenvalue weighted by atomic mass is 32.2. The predicted molar refractivity (Wildman–Crippen MR) is 101 cm³/mol. The van der Waals surface area contributed by atoms with Gasteiger partial charge in [-0.05, 0) is 37.3 Å². The average Bonchev–Trinajstić information content (AvgIpc) is 2.84. The van der Waals surface area contributed by atoms with Crippen molar-refractivity contribution in [1.29, 1.82) is 0 Å². The number of amides is 1. The van der Waals surface area contributed by atoms with Gasteiger partial charge in [0.05, 0.1) is 5.75 Å². The number of nitrogens with zero attached hydrogens (tertiary/aromatic N) is 2. The molecule has 0 bridgehead atoms. The van der Waals surface area contributed by atoms with Gasteiger partial charge in [-0.3, -0.25) is 4.79 Å². The molecule has 1 fully saturated rings. The molecule has 6 heteroatoms. The van der Waals surface area contributed by atoms with Crippen molar-refractivity contribution in [2.45, 2.75) is 45.8 Å². The second kappa shape index (κ2) is 8.81. The van der Waals surface area contributed by atoms with Gasteiger partial charge in [0, 0.05) is 32.1 Å². The quantitative estimate of drug-likeness (QED) is 0.778. The molecule has 2 rings (SSSR count). The van der Waals surface area contributed by atoms with Crippen LogP contribution in [-0.4, -0.2) is 49.7 Å². The molecule has 0 aliphatic carbocycles. The molecular formula is C19H30N2O3S. The first-order valence-electron chi connectivity index (χ1n) is 9.20. The Morgan fingerprint density at radius 1 is 1.08 bits per heavy atom. The van der Waals surface area contributed by atoms with Gasteiger partial charge in [0.15, 0.2) is 0 Å². The van der Waals surface area contributed by atoms with Crippen molar-refractivity contribution in [1.82, 2.24) is 9.21 Å². The lowest BCUT2D eigenvalue weighted by Gasteiger charge is -2.25. The molecule has 1 aliphatic rings. The molecule has 1 aliphatic heterocycles. The molecule has 1 aromatic carbocycles. The summed E-state index contributed by atoms with van der Waals surface area (Å²) in [4.78, 5) is 14.4. The predicted octanol–water partition coefficient (Wildman–Crippen LogP) is 2.80. The maximum absolute atomic E-state index is 12.8. The molecule has 0 N–H and O–H groups in total. The number of hydrogen-bond donors (Lipinski definition) is 0. The van der Waals surface area contributed by atoms with E-state index in [1.165, 1.54) is 0 Å². The molecule has 0 radical (unpaired) electrons. The SMILES string of the molecule is CCC(CC)C(=O)N1CCCN(S(=O)(=O)Cc2ccccc2C)CC1. The number of aryl methyl sites for hydroxylation is 1. The minimum absolute atomic E-state index is 0.0279. The fraction of sp³-hybridized carbons (Fsp3) is 0.632. The molecule has 140 valence electrons. The lowest BCUT2D eigenvalue weighted by Crippen LogP contribution is -2.40. The summed E-state index contributed by atoms with van der Waals surface area (Å²) in [5.41, 5.74) is 1.84. The first-order valence-corrected chi connectivity index (χ1v) is 10.8. The van der Waals surface area contributed by atoms with Crippen LogP contribution in [0.1, 0.15) is 44.2 Å². The van der Waals surface area contributed by atoms with Gasteiger partial charge in [0.1, 0.15) is 0 Å². The van der Waals surface area contributed by atoms with E-state index in [4.69, 9.17) is 0 Å². The third-order valence-electron chi connectivity index (χ3n) is 5.09. The molecule has 0 spiro atoms. The molecule has 1 aromatic rings. The summed E-state index contributed by atoms with van der Waals surface area (Å²) in [6.07, 6.45) is 2.36. The van der Waals surface area contributed by atoms with Crippen molar-refractivity contribution in [2.24, 2.45) is 5.92 Å². The second-order valence-corrected chi connectivity index (χ2v) is 8.74. The molecule has 0 saturated carbocycles. The minimum Gasteiger partial charge on any atom is -0.341 e. The fourth-order valence-electron chi connectivity index (χ4n) is 3.35. The van der Waals surface area contributed by atoms with Gasteiger partial charge in [-0.2, -0.15) is 4.31 Å². The summed E-state index contributed by atoms with van der Waals surface area (Å²) in [6, 6.07) is 7.59. The van der Waals surface area contributed by atoms with Gasteiger partial charge < -0.3 is 4.90 Å². The van der Waals surface area contributed by atoms with Crippen LogP contribution in [0.15, 0.2) is 24.3 Å². The van der Waals surface area contributed by atoms with E-state index in [1.807, 2.05) is 49.9 Å². The van der Waals surface area contributed by atoms with Gasteiger partial charge in [0.2, 0.25) is 15.9 Å². The third-order valence-corrected chi connectivity index (χ3v) is 6.92. The molecule has 1 heterocycles. The topological polar surface area (TPSA) is 57.7 Å². The van der Waals surface area contributed by atoms with Crippen molar-refractivity contribution >= 4 is 15.9 Å². The lowest BCUT2D eigenvalue weighted by molar-refractivity contribution is -0.135. The largest absolute Gasteiger partial charge is 0.341 e. The van der Waals surface area contributed by atoms with Crippen LogP contribution in [0, 0.1) is 12.8 Å². The van der Waals surface area contributed by atoms with Crippen LogP contribution in [0.4, 0.5) is 0 Å². The van der Waals surface area contributed by atoms with Crippen LogP contribution in [0.5, 0.6) is 0 Å². The number of sulfonamides is 1. The van der Waals surface area contributed by atoms with Gasteiger partial charge in [-0.15, -0.1) is 0 Å². The van der Waals surface area contributed by atoms with Crippen molar-refractivity contribution in [2.75, 3.05) is 26.2 Å². The Bertz CT molecular complexity index is 684. The van der Waals surface area contributed by atoms with Crippen LogP contribution in [0.3, 0.4) is 0 Å². The van der Waals surface area contributed by atoms with Gasteiger partial charge in [-0.25, -0.2) is 8.42 Å². The Morgan fingerprint density at radius 2 is 1.76 bits per heavy atom. The van der Waals surface area contributed by atoms with Crippen LogP contribution in [-0.2, 0) is 20.6 Å². The molecule has 5 nitrogen and oxygen atoms in total. The summed E-state index contributed by atoms with van der Waals surface area (Å²) in [5, 5.41) is 0. The van der Waals surface area contributed by atoms with E-state index >= 15 is 0 Å². The second-order valence-electron chi connectivity index (χ2n) is 6.77. The zero-order valence-corrected chi connectivity index (χ0v) is 16.4. The van der Waals surface area contributed by atoms with E-state index in [1.54, 1.807) is 4.31 Å². The first-order chi connectivity index (χ1) is 11.9. The number of carbonyl (C=O) groups excluding carboxylic acids is 1. The summed E-state index contributed by atoms with van der Waals surface area (Å²) in [6.45, 7) is 8.00. The summed E-state index contributed by atoms with van der Waals surface area (Å²) in [5.74, 6) is 0.249. The van der Waals surface area contributed by atoms with Crippen molar-refractivity contribution < 1.29 is 13.2 Å². The summed E-state index contributed by atoms with van der Waals surface area (Å²) < 4.78 is 27.2. The zero-order chi connectivity index (χ0) is 18.4. The summed E-state index contributed by atoms with van der Waals surface area (Å²) in [7, 11) is -3.37. The van der Waals surface area contributed by atoms with E-state index in [0.29, 0.717) is 32.6 Å². The van der Waals surface area contributed by atoms with Gasteiger partial charge in [-0.1, -0.05) is 38.1 Å². The molecule has 1 saturated heterocycles. The van der Waals surface area contributed by atoms with E-state index in [0.717, 1.165) is 24.0 Å². The maximum atomic E-state index is 12.8. The maximum Gasteiger partial charge on any atom is 0.225 e. The smallest absolute Gasteiger partial charge is 0.225 e. The van der Waals surface area contributed by atoms with Crippen LogP contribution in [0.25, 0.3) is 0 Å². The van der Waals surface area contributed by atoms with Crippen molar-refractivity contribution in [3.05, 3.63) is 35.4 Å². The van der Waals surface area contributed by atoms with Crippen LogP contribution < -0.4 is 0 Å². The van der Waals surface area contributed by atoms with Gasteiger partial charge in [0.25, 0.3) is 0 Å². The van der Waals surface area contributed by atoms with E-state index in [-0.39, 0.29) is 17.6 Å². The van der Waals surface area contributed by atoms with Crippen molar-refractivity contribution in [3.8, 4) is 0 Å². The van der Waals surface area contributed by atoms with E-state index in [9.17, 15) is 13.2 Å². The van der Waals surface area contributed by atoms with E-state index in [2.05, 4.69) is 0 Å². The standard InChI is InChI=1S/C19H30N2O3S/c1-4-17(5-2)19(22)20-11-8-12-21(14-13-20)25(23,24)15-18-10-7-6-9-16(18)3/h6-7,9-10,17H,4-5,8,11-15H2,1-3H3. The Balaban J connectivity index is 2.04. The molecule has 1 amide bonds. The van der Waals surface area contributed by atoms with Crippen LogP contribution in [0.2, 0.25) is 0 Å². The lowest BCUT2D eigenvalue weighted by atomic mass is 10.0. The summed E-state index contributed by atoms with van der Waals surface area (Å²) >= 11 is 0. The minimum atomic E-state index is -3.37. The monoisotopic (exact) mass is 366 g/mol. The highest BCUT2D eigenvalue weighted by molar-refractivity contribution is 7.88. The number of benzene rings is 1. The Labute approximate surface area is 152 Å². The number of hydrogen-bond acceptors (Lipinski definition) is 3. The molecule has 0 aromatic heterocycles. The Kier molecular flexibility index (Phi) is 7.02. The average molecular weight is 367 g/mol. The van der Waals surface area contributed by atoms with Gasteiger partial charge >= 0.3 is 0 Å². The Hall–Kier alpha value is -1.40. The molecule has 25 heavy (non-hydrogen) atoms. The highest BCUT2D eigenvalue weighted by Gasteiger charge is 2.29. The number of rotatable bonds is 6. The Morgan fingerprint density at radius 3 is 2.40 bits per heavy atom. The molecule has 0 atom stereocenters. The number of carbonyl (C=O) groups is 1. The molecule has 0 unspecified atom stereocenters. The molecular weight excluding hydrogens is 336 g/mol. The van der Waals surface area contributed by atoms with E-state index < -0.39 is 10.0 Å². The fourth-order valence-corrected chi connectivity index (χ4v) is 5.01. The van der Waals surface area contributed by atoms with Crippen LogP contribution >= 0.6 is 0 Å². The zero-order valence-electron chi connectivity index (χ0n) is 15.6. The first kappa shape index (κ1) is 19.9. The third kappa shape index (κ3) is 5.05. The highest BCUT2D eigenvalue weighted by Crippen LogP contribution is 2.18. The normalized spacial score (nSPS) is 16.9. The van der Waals surface area contributed by atoms with Crippen molar-refractivity contribution in [3.63, 3.8) is 0 Å².